The number of likely N-dealkylation sites (N-methyl/N-ethyl adjacent to an activating group) is 1. The monoisotopic (exact) mass is 399 g/mol. The van der Waals surface area contributed by atoms with Crippen LogP contribution in [-0.2, 0) is 11.2 Å². The van der Waals surface area contributed by atoms with Gasteiger partial charge < -0.3 is 14.2 Å². The summed E-state index contributed by atoms with van der Waals surface area (Å²) in [6, 6.07) is 2.00. The number of hydrogen-bond donors (Lipinski definition) is 0. The first-order valence-electron chi connectivity index (χ1n) is 10.3. The summed E-state index contributed by atoms with van der Waals surface area (Å²) < 4.78 is 16.9. The molecule has 1 aromatic rings. The third-order valence-corrected chi connectivity index (χ3v) is 5.70. The van der Waals surface area contributed by atoms with Gasteiger partial charge in [-0.25, -0.2) is 0 Å². The van der Waals surface area contributed by atoms with Crippen LogP contribution in [0.5, 0.6) is 17.2 Å². The number of ketones is 1. The SMILES string of the molecule is COc1c2c(cc3c1[C@@H](CC(=O)C=CC(C)(C)CC=C(C)C)N(C)CC3)OCO2. The third kappa shape index (κ3) is 4.84. The molecule has 2 aliphatic rings. The first-order chi connectivity index (χ1) is 13.7. The van der Waals surface area contributed by atoms with Crippen LogP contribution in [0.2, 0.25) is 0 Å². The van der Waals surface area contributed by atoms with E-state index >= 15 is 0 Å². The molecule has 5 nitrogen and oxygen atoms in total. The topological polar surface area (TPSA) is 48.0 Å². The zero-order chi connectivity index (χ0) is 21.2. The van der Waals surface area contributed by atoms with E-state index in [-0.39, 0.29) is 24.0 Å². The summed E-state index contributed by atoms with van der Waals surface area (Å²) in [5.41, 5.74) is 3.47. The van der Waals surface area contributed by atoms with Gasteiger partial charge in [-0.15, -0.1) is 0 Å². The molecule has 1 atom stereocenters. The van der Waals surface area contributed by atoms with Gasteiger partial charge in [0.25, 0.3) is 0 Å². The van der Waals surface area contributed by atoms with Crippen LogP contribution in [0.25, 0.3) is 0 Å². The second-order valence-corrected chi connectivity index (χ2v) is 8.94. The Balaban J connectivity index is 1.82. The second-order valence-electron chi connectivity index (χ2n) is 8.94. The molecule has 29 heavy (non-hydrogen) atoms. The van der Waals surface area contributed by atoms with E-state index in [1.165, 1.54) is 11.1 Å². The van der Waals surface area contributed by atoms with E-state index in [4.69, 9.17) is 14.2 Å². The fraction of sp³-hybridized carbons (Fsp3) is 0.542. The molecule has 0 spiro atoms. The van der Waals surface area contributed by atoms with E-state index < -0.39 is 0 Å². The maximum atomic E-state index is 12.9. The minimum atomic E-state index is -0.0486. The number of carbonyl (C=O) groups excluding carboxylic acids is 1. The average molecular weight is 400 g/mol. The fourth-order valence-electron chi connectivity index (χ4n) is 3.90. The summed E-state index contributed by atoms with van der Waals surface area (Å²) in [6.07, 6.45) is 8.23. The van der Waals surface area contributed by atoms with Crippen LogP contribution in [0.15, 0.2) is 29.9 Å². The predicted octanol–water partition coefficient (Wildman–Crippen LogP) is 4.85. The summed E-state index contributed by atoms with van der Waals surface area (Å²) in [4.78, 5) is 15.1. The summed E-state index contributed by atoms with van der Waals surface area (Å²) in [5, 5.41) is 0. The molecule has 5 heteroatoms. The van der Waals surface area contributed by atoms with Crippen molar-refractivity contribution >= 4 is 5.78 Å². The lowest BCUT2D eigenvalue weighted by Gasteiger charge is -2.35. The van der Waals surface area contributed by atoms with Gasteiger partial charge in [-0.3, -0.25) is 9.69 Å². The lowest BCUT2D eigenvalue weighted by Crippen LogP contribution is -2.33. The number of methoxy groups -OCH3 is 1. The zero-order valence-corrected chi connectivity index (χ0v) is 18.5. The van der Waals surface area contributed by atoms with Crippen molar-refractivity contribution in [2.45, 2.75) is 53.0 Å². The minimum absolute atomic E-state index is 0.0405. The van der Waals surface area contributed by atoms with E-state index in [0.29, 0.717) is 17.9 Å². The first kappa shape index (κ1) is 21.4. The van der Waals surface area contributed by atoms with Gasteiger partial charge in [0, 0.05) is 24.6 Å². The number of benzene rings is 1. The van der Waals surface area contributed by atoms with E-state index in [2.05, 4.69) is 45.7 Å². The van der Waals surface area contributed by atoms with Crippen molar-refractivity contribution in [3.63, 3.8) is 0 Å². The van der Waals surface area contributed by atoms with Gasteiger partial charge in [0.15, 0.2) is 17.3 Å². The number of fused-ring (bicyclic) bond motifs is 2. The highest BCUT2D eigenvalue weighted by Gasteiger charge is 2.34. The molecule has 0 N–H and O–H groups in total. The predicted molar refractivity (Wildman–Crippen MR) is 115 cm³/mol. The minimum Gasteiger partial charge on any atom is -0.492 e. The van der Waals surface area contributed by atoms with Gasteiger partial charge in [-0.2, -0.15) is 0 Å². The molecule has 0 bridgehead atoms. The van der Waals surface area contributed by atoms with Crippen molar-refractivity contribution in [2.75, 3.05) is 27.5 Å². The van der Waals surface area contributed by atoms with Gasteiger partial charge >= 0.3 is 0 Å². The van der Waals surface area contributed by atoms with Crippen LogP contribution in [-0.4, -0.2) is 38.2 Å². The highest BCUT2D eigenvalue weighted by molar-refractivity contribution is 5.90. The van der Waals surface area contributed by atoms with Gasteiger partial charge in [0.05, 0.1) is 7.11 Å². The lowest BCUT2D eigenvalue weighted by atomic mass is 9.86. The molecule has 2 heterocycles. The molecule has 1 aromatic carbocycles. The van der Waals surface area contributed by atoms with Crippen molar-refractivity contribution in [3.8, 4) is 17.2 Å². The highest BCUT2D eigenvalue weighted by atomic mass is 16.7. The largest absolute Gasteiger partial charge is 0.492 e. The molecule has 0 fully saturated rings. The molecule has 0 unspecified atom stereocenters. The van der Waals surface area contributed by atoms with Crippen molar-refractivity contribution in [1.82, 2.24) is 4.90 Å². The van der Waals surface area contributed by atoms with E-state index in [1.807, 2.05) is 12.1 Å². The number of hydrogen-bond acceptors (Lipinski definition) is 5. The van der Waals surface area contributed by atoms with E-state index in [9.17, 15) is 4.79 Å². The summed E-state index contributed by atoms with van der Waals surface area (Å²) in [7, 11) is 3.71. The molecule has 0 aliphatic carbocycles. The van der Waals surface area contributed by atoms with Gasteiger partial charge in [0.1, 0.15) is 0 Å². The van der Waals surface area contributed by atoms with Crippen molar-refractivity contribution in [2.24, 2.45) is 5.41 Å². The molecular weight excluding hydrogens is 366 g/mol. The second kappa shape index (κ2) is 8.62. The number of allylic oxidation sites excluding steroid dienone is 4. The molecule has 0 radical (unpaired) electrons. The number of nitrogens with zero attached hydrogens (tertiary/aromatic N) is 1. The quantitative estimate of drug-likeness (QED) is 0.484. The Morgan fingerprint density at radius 1 is 1.34 bits per heavy atom. The van der Waals surface area contributed by atoms with Crippen LogP contribution in [0.4, 0.5) is 0 Å². The fourth-order valence-corrected chi connectivity index (χ4v) is 3.90. The molecular formula is C24H33NO4. The van der Waals surface area contributed by atoms with E-state index in [1.54, 1.807) is 13.2 Å². The normalized spacial score (nSPS) is 18.6. The molecule has 0 aromatic heterocycles. The number of carbonyl (C=O) groups is 1. The Morgan fingerprint density at radius 3 is 2.79 bits per heavy atom. The Hall–Kier alpha value is -2.27. The van der Waals surface area contributed by atoms with E-state index in [0.717, 1.165) is 30.7 Å². The highest BCUT2D eigenvalue weighted by Crippen LogP contribution is 2.50. The third-order valence-electron chi connectivity index (χ3n) is 5.70. The first-order valence-corrected chi connectivity index (χ1v) is 10.3. The van der Waals surface area contributed by atoms with Crippen molar-refractivity contribution in [3.05, 3.63) is 41.0 Å². The summed E-state index contributed by atoms with van der Waals surface area (Å²) in [6.45, 7) is 9.60. The van der Waals surface area contributed by atoms with Gasteiger partial charge in [0.2, 0.25) is 12.5 Å². The molecule has 2 aliphatic heterocycles. The summed E-state index contributed by atoms with van der Waals surface area (Å²) >= 11 is 0. The smallest absolute Gasteiger partial charge is 0.231 e. The van der Waals surface area contributed by atoms with Crippen molar-refractivity contribution < 1.29 is 19.0 Å². The molecule has 3 rings (SSSR count). The number of rotatable bonds is 7. The Bertz CT molecular complexity index is 834. The van der Waals surface area contributed by atoms with Crippen LogP contribution in [0.1, 0.15) is 57.7 Å². The molecule has 0 amide bonds. The standard InChI is InChI=1S/C24H33NO4/c1-16(2)7-10-24(3,4)11-8-18(26)14-19-21-17(9-12-25(19)5)13-20-22(23(21)27-6)29-15-28-20/h7-8,11,13,19H,9-10,12,14-15H2,1-6H3/t19-/m1/s1. The van der Waals surface area contributed by atoms with Crippen LogP contribution in [0.3, 0.4) is 0 Å². The summed E-state index contributed by atoms with van der Waals surface area (Å²) in [5.74, 6) is 2.21. The van der Waals surface area contributed by atoms with Crippen LogP contribution < -0.4 is 14.2 Å². The van der Waals surface area contributed by atoms with Crippen molar-refractivity contribution in [1.29, 1.82) is 0 Å². The van der Waals surface area contributed by atoms with Crippen LogP contribution >= 0.6 is 0 Å². The lowest BCUT2D eigenvalue weighted by molar-refractivity contribution is -0.115. The zero-order valence-electron chi connectivity index (χ0n) is 18.5. The molecule has 0 saturated carbocycles. The molecule has 158 valence electrons. The molecule has 0 saturated heterocycles. The maximum absolute atomic E-state index is 12.9. The number of ether oxygens (including phenoxy) is 3. The Kier molecular flexibility index (Phi) is 6.37. The Morgan fingerprint density at radius 2 is 2.10 bits per heavy atom. The van der Waals surface area contributed by atoms with Gasteiger partial charge in [-0.1, -0.05) is 31.6 Å². The van der Waals surface area contributed by atoms with Crippen LogP contribution in [0, 0.1) is 5.41 Å². The van der Waals surface area contributed by atoms with Gasteiger partial charge in [-0.05, 0) is 56.9 Å². The Labute approximate surface area is 174 Å². The maximum Gasteiger partial charge on any atom is 0.231 e. The average Bonchev–Trinajstić information content (AvgIpc) is 3.14.